The van der Waals surface area contributed by atoms with Crippen LogP contribution < -0.4 is 10.7 Å². The lowest BCUT2D eigenvalue weighted by atomic mass is 10.1. The van der Waals surface area contributed by atoms with Crippen LogP contribution in [0.4, 0.5) is 5.69 Å². The van der Waals surface area contributed by atoms with Crippen molar-refractivity contribution in [2.75, 3.05) is 16.5 Å². The van der Waals surface area contributed by atoms with Crippen LogP contribution in [0.15, 0.2) is 35.5 Å². The topological polar surface area (TPSA) is 94.9 Å². The Balaban J connectivity index is 1.50. The van der Waals surface area contributed by atoms with Gasteiger partial charge in [-0.1, -0.05) is 30.0 Å². The fourth-order valence-corrected chi connectivity index (χ4v) is 4.20. The van der Waals surface area contributed by atoms with Crippen LogP contribution in [-0.2, 0) is 11.2 Å². The van der Waals surface area contributed by atoms with Crippen LogP contribution in [-0.4, -0.2) is 42.4 Å². The molecular formula is C18H21N7OS. The van der Waals surface area contributed by atoms with Gasteiger partial charge in [-0.05, 0) is 44.9 Å². The molecule has 0 saturated heterocycles. The van der Waals surface area contributed by atoms with Crippen molar-refractivity contribution < 1.29 is 4.79 Å². The Morgan fingerprint density at radius 3 is 2.81 bits per heavy atom. The second kappa shape index (κ2) is 6.73. The summed E-state index contributed by atoms with van der Waals surface area (Å²) >= 11 is 1.28. The number of aryl methyl sites for hydroxylation is 2. The molecule has 0 unspecified atom stereocenters. The molecule has 2 aromatic heterocycles. The number of carbonyl (C=O) groups is 1. The number of carbonyl (C=O) groups excluding carboxylic acids is 1. The minimum atomic E-state index is 0.0353. The average Bonchev–Trinajstić information content (AvgIpc) is 3.27. The average molecular weight is 383 g/mol. The molecule has 2 N–H and O–H groups in total. The maximum Gasteiger partial charge on any atom is 0.271 e. The highest BCUT2D eigenvalue weighted by molar-refractivity contribution is 7.99. The highest BCUT2D eigenvalue weighted by Crippen LogP contribution is 2.32. The molecule has 9 heteroatoms. The van der Waals surface area contributed by atoms with Crippen LogP contribution in [0.2, 0.25) is 0 Å². The normalized spacial score (nSPS) is 16.0. The largest absolute Gasteiger partial charge is 0.334 e. The van der Waals surface area contributed by atoms with Crippen molar-refractivity contribution in [1.29, 1.82) is 0 Å². The lowest BCUT2D eigenvalue weighted by Crippen LogP contribution is -2.37. The molecule has 0 fully saturated rings. The van der Waals surface area contributed by atoms with Gasteiger partial charge in [-0.3, -0.25) is 4.79 Å². The van der Waals surface area contributed by atoms with E-state index >= 15 is 0 Å². The smallest absolute Gasteiger partial charge is 0.271 e. The molecule has 1 aromatic carbocycles. The number of nitrogen functional groups attached to an aromatic ring is 1. The van der Waals surface area contributed by atoms with E-state index in [2.05, 4.69) is 28.3 Å². The van der Waals surface area contributed by atoms with E-state index in [1.54, 1.807) is 4.68 Å². The van der Waals surface area contributed by atoms with E-state index in [1.165, 1.54) is 22.0 Å². The third-order valence-electron chi connectivity index (χ3n) is 4.65. The summed E-state index contributed by atoms with van der Waals surface area (Å²) < 4.78 is 3.02. The van der Waals surface area contributed by atoms with Crippen molar-refractivity contribution in [3.63, 3.8) is 0 Å². The summed E-state index contributed by atoms with van der Waals surface area (Å²) in [6.45, 7) is 5.90. The highest BCUT2D eigenvalue weighted by Gasteiger charge is 2.30. The number of amides is 1. The summed E-state index contributed by atoms with van der Waals surface area (Å²) in [6.07, 6.45) is 0.877. The standard InChI is InChI=1S/C18H21N7OS/c1-11-8-13(3)25(22-11)17-20-21-18(24(17)19)27-10-16(26)23-12(2)9-14-6-4-5-7-15(14)23/h4-8,12H,9-10,19H2,1-3H3/t12-/m0/s1. The van der Waals surface area contributed by atoms with Gasteiger partial charge in [-0.15, -0.1) is 10.2 Å². The van der Waals surface area contributed by atoms with E-state index in [4.69, 9.17) is 5.84 Å². The van der Waals surface area contributed by atoms with Crippen molar-refractivity contribution in [2.24, 2.45) is 0 Å². The minimum Gasteiger partial charge on any atom is -0.334 e. The number of nitrogens with zero attached hydrogens (tertiary/aromatic N) is 6. The number of fused-ring (bicyclic) bond motifs is 1. The van der Waals surface area contributed by atoms with E-state index < -0.39 is 0 Å². The maximum absolute atomic E-state index is 12.8. The molecule has 4 rings (SSSR count). The first-order chi connectivity index (χ1) is 13.0. The molecule has 3 heterocycles. The molecule has 1 aliphatic rings. The summed E-state index contributed by atoms with van der Waals surface area (Å²) in [5, 5.41) is 13.1. The molecule has 140 valence electrons. The van der Waals surface area contributed by atoms with Gasteiger partial charge in [0, 0.05) is 17.4 Å². The molecule has 27 heavy (non-hydrogen) atoms. The van der Waals surface area contributed by atoms with Crippen molar-refractivity contribution in [1.82, 2.24) is 24.7 Å². The fraction of sp³-hybridized carbons (Fsp3) is 0.333. The molecule has 1 atom stereocenters. The predicted octanol–water partition coefficient (Wildman–Crippen LogP) is 1.86. The van der Waals surface area contributed by atoms with Gasteiger partial charge in [0.2, 0.25) is 11.1 Å². The molecule has 0 spiro atoms. The van der Waals surface area contributed by atoms with E-state index in [0.29, 0.717) is 11.1 Å². The maximum atomic E-state index is 12.8. The Bertz CT molecular complexity index is 1010. The zero-order valence-electron chi connectivity index (χ0n) is 15.5. The molecule has 0 bridgehead atoms. The number of aromatic nitrogens is 5. The molecule has 0 aliphatic carbocycles. The van der Waals surface area contributed by atoms with Gasteiger partial charge in [0.15, 0.2) is 0 Å². The van der Waals surface area contributed by atoms with Crippen molar-refractivity contribution >= 4 is 23.4 Å². The van der Waals surface area contributed by atoms with Crippen LogP contribution in [0.3, 0.4) is 0 Å². The lowest BCUT2D eigenvalue weighted by molar-refractivity contribution is -0.116. The Morgan fingerprint density at radius 2 is 2.07 bits per heavy atom. The van der Waals surface area contributed by atoms with Crippen LogP contribution >= 0.6 is 11.8 Å². The van der Waals surface area contributed by atoms with Gasteiger partial charge in [0.05, 0.1) is 11.4 Å². The number of para-hydroxylation sites is 1. The molecule has 8 nitrogen and oxygen atoms in total. The zero-order chi connectivity index (χ0) is 19.1. The van der Waals surface area contributed by atoms with E-state index in [-0.39, 0.29) is 17.7 Å². The van der Waals surface area contributed by atoms with Gasteiger partial charge in [0.1, 0.15) is 0 Å². The molecule has 0 radical (unpaired) electrons. The third kappa shape index (κ3) is 3.08. The van der Waals surface area contributed by atoms with Crippen LogP contribution in [0, 0.1) is 13.8 Å². The Kier molecular flexibility index (Phi) is 4.39. The quantitative estimate of drug-likeness (QED) is 0.546. The second-order valence-electron chi connectivity index (χ2n) is 6.73. The molecule has 1 amide bonds. The van der Waals surface area contributed by atoms with E-state index in [0.717, 1.165) is 23.5 Å². The van der Waals surface area contributed by atoms with Gasteiger partial charge >= 0.3 is 0 Å². The van der Waals surface area contributed by atoms with Crippen molar-refractivity contribution in [2.45, 2.75) is 38.4 Å². The van der Waals surface area contributed by atoms with Crippen LogP contribution in [0.5, 0.6) is 0 Å². The third-order valence-corrected chi connectivity index (χ3v) is 5.57. The molecule has 0 saturated carbocycles. The number of hydrogen-bond donors (Lipinski definition) is 1. The summed E-state index contributed by atoms with van der Waals surface area (Å²) in [5.74, 6) is 6.84. The van der Waals surface area contributed by atoms with Gasteiger partial charge in [0.25, 0.3) is 5.95 Å². The number of benzene rings is 1. The zero-order valence-corrected chi connectivity index (χ0v) is 16.3. The van der Waals surface area contributed by atoms with E-state index in [1.807, 2.05) is 43.0 Å². The SMILES string of the molecule is Cc1cc(C)n(-c2nnc(SCC(=O)N3c4ccccc4C[C@@H]3C)n2N)n1. The van der Waals surface area contributed by atoms with Crippen LogP contribution in [0.1, 0.15) is 23.9 Å². The predicted molar refractivity (Wildman–Crippen MR) is 105 cm³/mol. The minimum absolute atomic E-state index is 0.0353. The summed E-state index contributed by atoms with van der Waals surface area (Å²) in [7, 11) is 0. The summed E-state index contributed by atoms with van der Waals surface area (Å²) in [4.78, 5) is 14.7. The lowest BCUT2D eigenvalue weighted by Gasteiger charge is -2.22. The second-order valence-corrected chi connectivity index (χ2v) is 7.67. The number of hydrogen-bond acceptors (Lipinski definition) is 6. The van der Waals surface area contributed by atoms with Crippen molar-refractivity contribution in [3.8, 4) is 5.95 Å². The summed E-state index contributed by atoms with van der Waals surface area (Å²) in [5.41, 5.74) is 3.99. The Morgan fingerprint density at radius 1 is 1.30 bits per heavy atom. The number of nitrogens with two attached hydrogens (primary N) is 1. The number of thioether (sulfide) groups is 1. The van der Waals surface area contributed by atoms with Gasteiger partial charge in [-0.25, -0.2) is 9.36 Å². The Labute approximate surface area is 161 Å². The molecule has 3 aromatic rings. The monoisotopic (exact) mass is 383 g/mol. The van der Waals surface area contributed by atoms with Gasteiger partial charge < -0.3 is 10.7 Å². The number of rotatable bonds is 4. The highest BCUT2D eigenvalue weighted by atomic mass is 32.2. The molecular weight excluding hydrogens is 362 g/mol. The number of anilines is 1. The van der Waals surface area contributed by atoms with Crippen LogP contribution in [0.25, 0.3) is 5.95 Å². The first-order valence-electron chi connectivity index (χ1n) is 8.72. The van der Waals surface area contributed by atoms with E-state index in [9.17, 15) is 4.79 Å². The Hall–Kier alpha value is -2.81. The first-order valence-corrected chi connectivity index (χ1v) is 9.71. The van der Waals surface area contributed by atoms with Crippen molar-refractivity contribution in [3.05, 3.63) is 47.3 Å². The first kappa shape index (κ1) is 17.6. The fourth-order valence-electron chi connectivity index (χ4n) is 3.49. The van der Waals surface area contributed by atoms with Gasteiger partial charge in [-0.2, -0.15) is 5.10 Å². The molecule has 1 aliphatic heterocycles. The summed E-state index contributed by atoms with van der Waals surface area (Å²) in [6, 6.07) is 10.1.